The number of β-lactam (4-membered cyclic amide) rings is 1. The molecule has 0 radical (unpaired) electrons. The summed E-state index contributed by atoms with van der Waals surface area (Å²) in [5, 5.41) is -0.950. The number of nitrogens with zero attached hydrogens (tertiary/aromatic N) is 2. The van der Waals surface area contributed by atoms with Crippen LogP contribution in [0.5, 0.6) is 0 Å². The molecule has 1 unspecified atom stereocenters. The summed E-state index contributed by atoms with van der Waals surface area (Å²) in [6, 6.07) is 13.1. The van der Waals surface area contributed by atoms with Crippen LogP contribution in [0.4, 0.5) is 0 Å². The summed E-state index contributed by atoms with van der Waals surface area (Å²) in [4.78, 5) is 53.9. The van der Waals surface area contributed by atoms with Crippen molar-refractivity contribution in [3.05, 3.63) is 71.3 Å². The molecule has 3 aliphatic heterocycles. The Morgan fingerprint density at radius 2 is 1.53 bits per heavy atom. The summed E-state index contributed by atoms with van der Waals surface area (Å²) in [5.41, 5.74) is 1.21. The molecule has 32 heavy (non-hydrogen) atoms. The van der Waals surface area contributed by atoms with Crippen LogP contribution in [0.1, 0.15) is 40.1 Å². The molecule has 0 bridgehead atoms. The van der Waals surface area contributed by atoms with Gasteiger partial charge in [0, 0.05) is 0 Å². The van der Waals surface area contributed by atoms with Gasteiger partial charge in [-0.2, -0.15) is 0 Å². The second-order valence-corrected chi connectivity index (χ2v) is 10.6. The minimum absolute atomic E-state index is 0.0213. The van der Waals surface area contributed by atoms with Crippen molar-refractivity contribution in [1.82, 2.24) is 9.80 Å². The molecular formula is C23H20N2O6S. The first-order valence-electron chi connectivity index (χ1n) is 10.2. The van der Waals surface area contributed by atoms with Gasteiger partial charge in [-0.3, -0.25) is 23.5 Å². The molecule has 0 N–H and O–H groups in total. The minimum Gasteiger partial charge on any atom is -0.459 e. The van der Waals surface area contributed by atoms with E-state index in [2.05, 4.69) is 0 Å². The van der Waals surface area contributed by atoms with Gasteiger partial charge in [-0.15, -0.1) is 0 Å². The normalized spacial score (nSPS) is 27.8. The van der Waals surface area contributed by atoms with Crippen LogP contribution in [-0.2, 0) is 31.7 Å². The Hall–Kier alpha value is -3.33. The molecular weight excluding hydrogens is 432 g/mol. The second-order valence-electron chi connectivity index (χ2n) is 8.50. The molecule has 0 spiro atoms. The molecule has 3 aliphatic rings. The van der Waals surface area contributed by atoms with E-state index in [-0.39, 0.29) is 17.7 Å². The van der Waals surface area contributed by atoms with E-state index in [4.69, 9.17) is 4.74 Å². The van der Waals surface area contributed by atoms with E-state index in [1.165, 1.54) is 17.0 Å². The zero-order valence-corrected chi connectivity index (χ0v) is 18.2. The van der Waals surface area contributed by atoms with E-state index >= 15 is 0 Å². The summed E-state index contributed by atoms with van der Waals surface area (Å²) in [6.07, 6.45) is 0. The summed E-state index contributed by atoms with van der Waals surface area (Å²) in [5.74, 6) is -2.42. The van der Waals surface area contributed by atoms with Gasteiger partial charge >= 0.3 is 5.97 Å². The van der Waals surface area contributed by atoms with Gasteiger partial charge in [0.2, 0.25) is 0 Å². The molecule has 0 aromatic heterocycles. The first-order chi connectivity index (χ1) is 15.2. The Labute approximate surface area is 186 Å². The van der Waals surface area contributed by atoms with Crippen LogP contribution < -0.4 is 0 Å². The van der Waals surface area contributed by atoms with Gasteiger partial charge in [0.05, 0.1) is 26.7 Å². The molecule has 2 aromatic rings. The maximum absolute atomic E-state index is 13.3. The van der Waals surface area contributed by atoms with Crippen LogP contribution in [0.2, 0.25) is 0 Å². The molecule has 164 valence electrons. The minimum atomic E-state index is -1.70. The first kappa shape index (κ1) is 20.6. The fraction of sp³-hybridized carbons (Fsp3) is 0.304. The molecule has 2 aromatic carbocycles. The number of fused-ring (bicyclic) bond motifs is 2. The molecule has 9 heteroatoms. The van der Waals surface area contributed by atoms with Crippen LogP contribution >= 0.6 is 0 Å². The third-order valence-corrected chi connectivity index (χ3v) is 8.46. The standard InChI is InChI=1S/C23H20N2O6S/c1-23(2)17(22(29)31-12-13-8-4-3-5-9-13)25-20(28)16(21(25)32(23)30)24-18(26)14-10-6-7-11-15(14)19(24)27/h3-11,16-17,21H,12H2,1-2H3/t16-,17+,21+,32?/m1/s1. The Balaban J connectivity index is 1.41. The maximum Gasteiger partial charge on any atom is 0.330 e. The topological polar surface area (TPSA) is 101 Å². The summed E-state index contributed by atoms with van der Waals surface area (Å²) < 4.78 is 17.7. The number of rotatable bonds is 4. The highest BCUT2D eigenvalue weighted by Crippen LogP contribution is 2.46. The van der Waals surface area contributed by atoms with Crippen LogP contribution in [-0.4, -0.2) is 59.9 Å². The van der Waals surface area contributed by atoms with Crippen molar-refractivity contribution in [2.24, 2.45) is 0 Å². The van der Waals surface area contributed by atoms with E-state index in [1.54, 1.807) is 38.1 Å². The Kier molecular flexibility index (Phi) is 4.56. The van der Waals surface area contributed by atoms with Crippen molar-refractivity contribution in [3.8, 4) is 0 Å². The zero-order chi connectivity index (χ0) is 22.8. The van der Waals surface area contributed by atoms with Crippen LogP contribution in [0, 0.1) is 0 Å². The highest BCUT2D eigenvalue weighted by Gasteiger charge is 2.71. The molecule has 3 heterocycles. The number of imide groups is 1. The molecule has 0 saturated carbocycles. The van der Waals surface area contributed by atoms with Crippen LogP contribution in [0.25, 0.3) is 0 Å². The summed E-state index contributed by atoms with van der Waals surface area (Å²) in [7, 11) is -1.70. The van der Waals surface area contributed by atoms with Gasteiger partial charge in [0.15, 0.2) is 6.04 Å². The number of esters is 1. The second kappa shape index (κ2) is 7.09. The number of carbonyl (C=O) groups excluding carboxylic acids is 4. The Bertz CT molecular complexity index is 1160. The van der Waals surface area contributed by atoms with Crippen molar-refractivity contribution >= 4 is 34.5 Å². The number of hydrogen-bond donors (Lipinski definition) is 0. The quantitative estimate of drug-likeness (QED) is 0.396. The van der Waals surface area contributed by atoms with Crippen molar-refractivity contribution < 1.29 is 28.1 Å². The summed E-state index contributed by atoms with van der Waals surface area (Å²) >= 11 is 0. The fourth-order valence-electron chi connectivity index (χ4n) is 4.62. The van der Waals surface area contributed by atoms with Crippen molar-refractivity contribution in [1.29, 1.82) is 0 Å². The van der Waals surface area contributed by atoms with Crippen molar-refractivity contribution in [3.63, 3.8) is 0 Å². The van der Waals surface area contributed by atoms with E-state index in [9.17, 15) is 23.4 Å². The molecule has 4 atom stereocenters. The predicted molar refractivity (Wildman–Crippen MR) is 114 cm³/mol. The Morgan fingerprint density at radius 1 is 0.969 bits per heavy atom. The number of amides is 3. The van der Waals surface area contributed by atoms with Crippen molar-refractivity contribution in [2.45, 2.75) is 42.7 Å². The molecule has 8 nitrogen and oxygen atoms in total. The number of carbonyl (C=O) groups is 4. The van der Waals surface area contributed by atoms with Gasteiger partial charge < -0.3 is 9.64 Å². The van der Waals surface area contributed by atoms with Gasteiger partial charge in [-0.1, -0.05) is 42.5 Å². The monoisotopic (exact) mass is 452 g/mol. The van der Waals surface area contributed by atoms with Crippen LogP contribution in [0.15, 0.2) is 54.6 Å². The number of benzene rings is 2. The average Bonchev–Trinajstić information content (AvgIpc) is 3.14. The average molecular weight is 452 g/mol. The highest BCUT2D eigenvalue weighted by atomic mass is 32.2. The Morgan fingerprint density at radius 3 is 2.12 bits per heavy atom. The lowest BCUT2D eigenvalue weighted by atomic mass is 9.95. The lowest BCUT2D eigenvalue weighted by Gasteiger charge is -2.46. The van der Waals surface area contributed by atoms with E-state index in [0.29, 0.717) is 0 Å². The molecule has 5 rings (SSSR count). The smallest absolute Gasteiger partial charge is 0.330 e. The first-order valence-corrected chi connectivity index (χ1v) is 11.4. The fourth-order valence-corrected chi connectivity index (χ4v) is 6.58. The van der Waals surface area contributed by atoms with E-state index in [0.717, 1.165) is 10.5 Å². The van der Waals surface area contributed by atoms with Crippen molar-refractivity contribution in [2.75, 3.05) is 0 Å². The van der Waals surface area contributed by atoms with Crippen LogP contribution in [0.3, 0.4) is 0 Å². The predicted octanol–water partition coefficient (Wildman–Crippen LogP) is 1.47. The summed E-state index contributed by atoms with van der Waals surface area (Å²) in [6.45, 7) is 3.28. The zero-order valence-electron chi connectivity index (χ0n) is 17.4. The van der Waals surface area contributed by atoms with E-state index in [1.807, 2.05) is 18.2 Å². The maximum atomic E-state index is 13.3. The molecule has 2 fully saturated rings. The molecule has 3 amide bonds. The third kappa shape index (κ3) is 2.70. The highest BCUT2D eigenvalue weighted by molar-refractivity contribution is 7.87. The van der Waals surface area contributed by atoms with Gasteiger partial charge in [0.25, 0.3) is 17.7 Å². The lowest BCUT2D eigenvalue weighted by Crippen LogP contribution is -2.72. The van der Waals surface area contributed by atoms with Gasteiger partial charge in [-0.05, 0) is 31.5 Å². The lowest BCUT2D eigenvalue weighted by molar-refractivity contribution is -0.166. The molecule has 2 saturated heterocycles. The number of hydrogen-bond acceptors (Lipinski definition) is 6. The van der Waals surface area contributed by atoms with Gasteiger partial charge in [0.1, 0.15) is 18.0 Å². The van der Waals surface area contributed by atoms with E-state index < -0.39 is 56.7 Å². The molecule has 0 aliphatic carbocycles. The largest absolute Gasteiger partial charge is 0.459 e. The SMILES string of the molecule is CC1(C)[C@H](C(=O)OCc2ccccc2)N2C(=O)[C@@H](N3C(=O)c4ccccc4C3=O)[C@@H]2S1=O. The van der Waals surface area contributed by atoms with Gasteiger partial charge in [-0.25, -0.2) is 4.79 Å². The number of ether oxygens (including phenoxy) is 1. The third-order valence-electron chi connectivity index (χ3n) is 6.28.